The Balaban J connectivity index is 2.10. The normalized spacial score (nSPS) is 24.0. The van der Waals surface area contributed by atoms with Crippen LogP contribution in [0.3, 0.4) is 0 Å². The molecule has 0 bridgehead atoms. The summed E-state index contributed by atoms with van der Waals surface area (Å²) >= 11 is 8.86. The Morgan fingerprint density at radius 3 is 2.93 bits per heavy atom. The number of rotatable bonds is 3. The van der Waals surface area contributed by atoms with Crippen LogP contribution in [0.2, 0.25) is 5.02 Å². The molecule has 0 aliphatic carbocycles. The quantitative estimate of drug-likeness (QED) is 0.629. The molecule has 1 unspecified atom stereocenters. The molecule has 1 aliphatic heterocycles. The van der Waals surface area contributed by atoms with E-state index in [1.165, 1.54) is 12.1 Å². The molecule has 0 radical (unpaired) electrons. The van der Waals surface area contributed by atoms with E-state index in [1.54, 1.807) is 0 Å². The van der Waals surface area contributed by atoms with Crippen molar-refractivity contribution in [2.24, 2.45) is 0 Å². The van der Waals surface area contributed by atoms with Crippen molar-refractivity contribution in [3.63, 3.8) is 0 Å². The summed E-state index contributed by atoms with van der Waals surface area (Å²) in [6, 6.07) is 2.74. The summed E-state index contributed by atoms with van der Waals surface area (Å²) in [5, 5.41) is 0.0723. The highest BCUT2D eigenvalue weighted by Crippen LogP contribution is 2.33. The van der Waals surface area contributed by atoms with Gasteiger partial charge in [0.1, 0.15) is 23.8 Å². The number of benzene rings is 1. The highest BCUT2D eigenvalue weighted by molar-refractivity contribution is 9.10. The van der Waals surface area contributed by atoms with Crippen LogP contribution in [-0.2, 0) is 4.74 Å². The van der Waals surface area contributed by atoms with Crippen LogP contribution in [0.25, 0.3) is 0 Å². The fourth-order valence-electron chi connectivity index (χ4n) is 1.05. The van der Waals surface area contributed by atoms with Gasteiger partial charge in [-0.3, -0.25) is 0 Å². The first-order valence-electron chi connectivity index (χ1n) is 4.41. The molecule has 0 saturated carbocycles. The zero-order valence-corrected chi connectivity index (χ0v) is 10.4. The zero-order valence-electron chi connectivity index (χ0n) is 8.02. The highest BCUT2D eigenvalue weighted by atomic mass is 79.9. The fraction of sp³-hybridized carbons (Fsp3) is 0.400. The van der Waals surface area contributed by atoms with Gasteiger partial charge >= 0.3 is 0 Å². The van der Waals surface area contributed by atoms with Crippen molar-refractivity contribution in [1.29, 1.82) is 0 Å². The lowest BCUT2D eigenvalue weighted by Crippen LogP contribution is -2.17. The Hall–Kier alpha value is -0.320. The van der Waals surface area contributed by atoms with Crippen LogP contribution in [0.15, 0.2) is 16.6 Å². The third-order valence-electron chi connectivity index (χ3n) is 2.14. The van der Waals surface area contributed by atoms with E-state index in [9.17, 15) is 4.39 Å². The minimum Gasteiger partial charge on any atom is -0.489 e. The third-order valence-corrected chi connectivity index (χ3v) is 3.05. The molecule has 2 nitrogen and oxygen atoms in total. The van der Waals surface area contributed by atoms with E-state index in [4.69, 9.17) is 21.1 Å². The zero-order chi connectivity index (χ0) is 11.1. The van der Waals surface area contributed by atoms with Gasteiger partial charge in [0.15, 0.2) is 0 Å². The standard InChI is InChI=1S/C10H9BrClFO2/c1-10(5-15-10)4-14-9-3-8(13)7(12)2-6(9)11/h2-3H,4-5H2,1H3. The minimum atomic E-state index is -0.489. The lowest BCUT2D eigenvalue weighted by atomic mass is 10.2. The molecule has 1 atom stereocenters. The van der Waals surface area contributed by atoms with Crippen LogP contribution < -0.4 is 4.74 Å². The van der Waals surface area contributed by atoms with Crippen molar-refractivity contribution in [3.05, 3.63) is 27.4 Å². The summed E-state index contributed by atoms with van der Waals surface area (Å²) in [7, 11) is 0. The van der Waals surface area contributed by atoms with Crippen LogP contribution >= 0.6 is 27.5 Å². The molecule has 15 heavy (non-hydrogen) atoms. The molecule has 1 fully saturated rings. The summed E-state index contributed by atoms with van der Waals surface area (Å²) in [6.07, 6.45) is 0. The average molecular weight is 296 g/mol. The number of hydrogen-bond acceptors (Lipinski definition) is 2. The molecule has 0 N–H and O–H groups in total. The maximum absolute atomic E-state index is 13.1. The van der Waals surface area contributed by atoms with E-state index in [2.05, 4.69) is 15.9 Å². The van der Waals surface area contributed by atoms with E-state index >= 15 is 0 Å². The van der Waals surface area contributed by atoms with Crippen molar-refractivity contribution in [2.75, 3.05) is 13.2 Å². The Bertz CT molecular complexity index is 393. The Morgan fingerprint density at radius 2 is 2.33 bits per heavy atom. The number of halogens is 3. The molecule has 0 amide bonds. The minimum absolute atomic E-state index is 0.0723. The maximum atomic E-state index is 13.1. The molecule has 0 spiro atoms. The largest absolute Gasteiger partial charge is 0.489 e. The number of epoxide rings is 1. The summed E-state index contributed by atoms with van der Waals surface area (Å²) in [4.78, 5) is 0. The Morgan fingerprint density at radius 1 is 1.67 bits per heavy atom. The van der Waals surface area contributed by atoms with Crippen LogP contribution in [-0.4, -0.2) is 18.8 Å². The van der Waals surface area contributed by atoms with Crippen LogP contribution in [0.4, 0.5) is 4.39 Å². The Kier molecular flexibility index (Phi) is 2.92. The van der Waals surface area contributed by atoms with Crippen molar-refractivity contribution in [2.45, 2.75) is 12.5 Å². The van der Waals surface area contributed by atoms with Crippen molar-refractivity contribution in [1.82, 2.24) is 0 Å². The van der Waals surface area contributed by atoms with E-state index in [0.717, 1.165) is 0 Å². The second-order valence-electron chi connectivity index (χ2n) is 3.72. The molecule has 0 aromatic heterocycles. The smallest absolute Gasteiger partial charge is 0.145 e. The molecule has 82 valence electrons. The predicted octanol–water partition coefficient (Wildman–Crippen LogP) is 3.41. The topological polar surface area (TPSA) is 21.8 Å². The number of ether oxygens (including phenoxy) is 2. The van der Waals surface area contributed by atoms with Gasteiger partial charge in [0.2, 0.25) is 0 Å². The molecule has 5 heteroatoms. The van der Waals surface area contributed by atoms with Crippen molar-refractivity contribution < 1.29 is 13.9 Å². The van der Waals surface area contributed by atoms with Gasteiger partial charge in [-0.1, -0.05) is 11.6 Å². The van der Waals surface area contributed by atoms with Gasteiger partial charge in [0.25, 0.3) is 0 Å². The predicted molar refractivity (Wildman–Crippen MR) is 59.0 cm³/mol. The fourth-order valence-corrected chi connectivity index (χ4v) is 1.81. The monoisotopic (exact) mass is 294 g/mol. The van der Waals surface area contributed by atoms with Gasteiger partial charge < -0.3 is 9.47 Å². The lowest BCUT2D eigenvalue weighted by Gasteiger charge is -2.10. The summed E-state index contributed by atoms with van der Waals surface area (Å²) in [5.41, 5.74) is -0.213. The molecule has 1 saturated heterocycles. The molecular weight excluding hydrogens is 286 g/mol. The van der Waals surface area contributed by atoms with Crippen LogP contribution in [0.5, 0.6) is 5.75 Å². The van der Waals surface area contributed by atoms with Crippen LogP contribution in [0, 0.1) is 5.82 Å². The molecule has 1 aliphatic rings. The summed E-state index contributed by atoms with van der Waals surface area (Å²) < 4.78 is 24.3. The first kappa shape index (κ1) is 11.2. The highest BCUT2D eigenvalue weighted by Gasteiger charge is 2.40. The van der Waals surface area contributed by atoms with E-state index in [0.29, 0.717) is 23.4 Å². The van der Waals surface area contributed by atoms with Gasteiger partial charge in [-0.15, -0.1) is 0 Å². The summed E-state index contributed by atoms with van der Waals surface area (Å²) in [5.74, 6) is -0.0506. The Labute approximate surface area is 100 Å². The first-order valence-corrected chi connectivity index (χ1v) is 5.59. The molecule has 1 aromatic rings. The van der Waals surface area contributed by atoms with E-state index in [-0.39, 0.29) is 10.6 Å². The van der Waals surface area contributed by atoms with Gasteiger partial charge in [0.05, 0.1) is 16.1 Å². The number of hydrogen-bond donors (Lipinski definition) is 0. The van der Waals surface area contributed by atoms with Crippen molar-refractivity contribution in [3.8, 4) is 5.75 Å². The molecule has 1 heterocycles. The molecular formula is C10H9BrClFO2. The maximum Gasteiger partial charge on any atom is 0.145 e. The second kappa shape index (κ2) is 3.92. The second-order valence-corrected chi connectivity index (χ2v) is 4.99. The van der Waals surface area contributed by atoms with Gasteiger partial charge in [-0.2, -0.15) is 0 Å². The molecule has 2 rings (SSSR count). The SMILES string of the molecule is CC1(COc2cc(F)c(Cl)cc2Br)CO1. The van der Waals surface area contributed by atoms with Gasteiger partial charge in [-0.25, -0.2) is 4.39 Å². The lowest BCUT2D eigenvalue weighted by molar-refractivity contribution is 0.201. The first-order chi connectivity index (χ1) is 7.00. The van der Waals surface area contributed by atoms with E-state index < -0.39 is 5.82 Å². The summed E-state index contributed by atoms with van der Waals surface area (Å²) in [6.45, 7) is 3.03. The third kappa shape index (κ3) is 2.62. The average Bonchev–Trinajstić information content (AvgIpc) is 2.89. The molecule has 1 aromatic carbocycles. The van der Waals surface area contributed by atoms with Gasteiger partial charge in [-0.05, 0) is 28.9 Å². The van der Waals surface area contributed by atoms with Gasteiger partial charge in [0, 0.05) is 6.07 Å². The van der Waals surface area contributed by atoms with E-state index in [1.807, 2.05) is 6.92 Å². The van der Waals surface area contributed by atoms with Crippen LogP contribution in [0.1, 0.15) is 6.92 Å². The van der Waals surface area contributed by atoms with Crippen molar-refractivity contribution >= 4 is 27.5 Å².